The van der Waals surface area contributed by atoms with Crippen LogP contribution < -0.4 is 9.64 Å². The first-order chi connectivity index (χ1) is 11.6. The molecule has 0 fully saturated rings. The molecule has 0 bridgehead atoms. The van der Waals surface area contributed by atoms with Gasteiger partial charge in [-0.1, -0.05) is 13.0 Å². The van der Waals surface area contributed by atoms with Crippen molar-refractivity contribution in [1.29, 1.82) is 0 Å². The van der Waals surface area contributed by atoms with E-state index in [0.717, 1.165) is 29.0 Å². The van der Waals surface area contributed by atoms with E-state index in [9.17, 15) is 4.79 Å². The molecule has 3 aromatic rings. The molecule has 2 heterocycles. The van der Waals surface area contributed by atoms with Crippen molar-refractivity contribution in [3.8, 4) is 5.75 Å². The second kappa shape index (κ2) is 5.41. The largest absolute Gasteiger partial charge is 0.497 e. The van der Waals surface area contributed by atoms with Gasteiger partial charge in [0.2, 0.25) is 0 Å². The number of hydrogen-bond acceptors (Lipinski definition) is 2. The number of rotatable bonds is 3. The highest BCUT2D eigenvalue weighted by Gasteiger charge is 2.29. The van der Waals surface area contributed by atoms with Crippen molar-refractivity contribution in [2.24, 2.45) is 7.05 Å². The lowest BCUT2D eigenvalue weighted by Gasteiger charge is -2.16. The Morgan fingerprint density at radius 3 is 2.71 bits per heavy atom. The Balaban J connectivity index is 1.74. The third-order valence-electron chi connectivity index (χ3n) is 4.92. The number of fused-ring (bicyclic) bond motifs is 2. The summed E-state index contributed by atoms with van der Waals surface area (Å²) in [6.07, 6.45) is 0.994. The first kappa shape index (κ1) is 14.8. The summed E-state index contributed by atoms with van der Waals surface area (Å²) >= 11 is 0. The fourth-order valence-electron chi connectivity index (χ4n) is 3.52. The molecule has 0 atom stereocenters. The molecule has 0 N–H and O–H groups in total. The molecule has 2 aromatic carbocycles. The van der Waals surface area contributed by atoms with Crippen molar-refractivity contribution in [3.63, 3.8) is 0 Å². The summed E-state index contributed by atoms with van der Waals surface area (Å²) < 4.78 is 7.45. The number of aromatic nitrogens is 1. The van der Waals surface area contributed by atoms with Gasteiger partial charge in [-0.05, 0) is 48.4 Å². The number of amides is 1. The van der Waals surface area contributed by atoms with E-state index in [-0.39, 0.29) is 5.91 Å². The van der Waals surface area contributed by atoms with Crippen LogP contribution in [0.2, 0.25) is 0 Å². The molecule has 1 aromatic heterocycles. The van der Waals surface area contributed by atoms with Crippen molar-refractivity contribution in [3.05, 3.63) is 59.3 Å². The van der Waals surface area contributed by atoms with E-state index in [1.807, 2.05) is 29.2 Å². The molecular weight excluding hydrogens is 300 g/mol. The van der Waals surface area contributed by atoms with Gasteiger partial charge < -0.3 is 14.2 Å². The highest BCUT2D eigenvalue weighted by Crippen LogP contribution is 2.32. The number of nitrogens with zero attached hydrogens (tertiary/aromatic N) is 2. The molecule has 122 valence electrons. The minimum absolute atomic E-state index is 0.0369. The van der Waals surface area contributed by atoms with Crippen molar-refractivity contribution in [2.45, 2.75) is 19.9 Å². The SMILES string of the molecule is CCc1cc2cc(N3Cc4ccc(OC)cc4C3=O)ccc2n1C. The number of methoxy groups -OCH3 is 1. The Morgan fingerprint density at radius 2 is 1.96 bits per heavy atom. The molecule has 0 spiro atoms. The predicted octanol–water partition coefficient (Wildman–Crippen LogP) is 3.91. The van der Waals surface area contributed by atoms with E-state index in [1.54, 1.807) is 7.11 Å². The second-order valence-electron chi connectivity index (χ2n) is 6.21. The maximum Gasteiger partial charge on any atom is 0.259 e. The van der Waals surface area contributed by atoms with Crippen LogP contribution in [-0.4, -0.2) is 17.6 Å². The average molecular weight is 320 g/mol. The van der Waals surface area contributed by atoms with E-state index in [1.165, 1.54) is 16.6 Å². The average Bonchev–Trinajstić information content (AvgIpc) is 3.11. The van der Waals surface area contributed by atoms with E-state index < -0.39 is 0 Å². The zero-order valence-corrected chi connectivity index (χ0v) is 14.2. The Kier molecular flexibility index (Phi) is 3.34. The fraction of sp³-hybridized carbons (Fsp3) is 0.250. The van der Waals surface area contributed by atoms with Gasteiger partial charge in [-0.25, -0.2) is 0 Å². The van der Waals surface area contributed by atoms with Crippen molar-refractivity contribution < 1.29 is 9.53 Å². The summed E-state index contributed by atoms with van der Waals surface area (Å²) in [6.45, 7) is 2.76. The lowest BCUT2D eigenvalue weighted by Crippen LogP contribution is -2.22. The maximum atomic E-state index is 12.8. The van der Waals surface area contributed by atoms with E-state index in [4.69, 9.17) is 4.74 Å². The molecule has 4 heteroatoms. The van der Waals surface area contributed by atoms with Crippen LogP contribution >= 0.6 is 0 Å². The van der Waals surface area contributed by atoms with Crippen LogP contribution in [0.3, 0.4) is 0 Å². The van der Waals surface area contributed by atoms with Crippen LogP contribution in [0.25, 0.3) is 10.9 Å². The minimum atomic E-state index is 0.0369. The molecule has 0 radical (unpaired) electrons. The van der Waals surface area contributed by atoms with E-state index in [2.05, 4.69) is 36.7 Å². The van der Waals surface area contributed by atoms with Crippen molar-refractivity contribution in [1.82, 2.24) is 4.57 Å². The monoisotopic (exact) mass is 320 g/mol. The molecule has 0 aliphatic carbocycles. The molecule has 1 aliphatic heterocycles. The summed E-state index contributed by atoms with van der Waals surface area (Å²) in [5.74, 6) is 0.755. The second-order valence-corrected chi connectivity index (χ2v) is 6.21. The highest BCUT2D eigenvalue weighted by molar-refractivity contribution is 6.10. The number of aryl methyl sites for hydroxylation is 2. The zero-order valence-electron chi connectivity index (χ0n) is 14.2. The smallest absolute Gasteiger partial charge is 0.259 e. The van der Waals surface area contributed by atoms with Crippen LogP contribution in [0.1, 0.15) is 28.5 Å². The summed E-state index contributed by atoms with van der Waals surface area (Å²) in [4.78, 5) is 14.6. The number of benzene rings is 2. The quantitative estimate of drug-likeness (QED) is 0.733. The van der Waals surface area contributed by atoms with E-state index >= 15 is 0 Å². The van der Waals surface area contributed by atoms with Crippen molar-refractivity contribution >= 4 is 22.5 Å². The van der Waals surface area contributed by atoms with Gasteiger partial charge in [-0.2, -0.15) is 0 Å². The van der Waals surface area contributed by atoms with Gasteiger partial charge in [0, 0.05) is 34.9 Å². The number of hydrogen-bond donors (Lipinski definition) is 0. The molecular formula is C20H20N2O2. The van der Waals surface area contributed by atoms with Crippen LogP contribution in [-0.2, 0) is 20.0 Å². The van der Waals surface area contributed by atoms with Gasteiger partial charge in [0.05, 0.1) is 13.7 Å². The molecule has 0 saturated heterocycles. The third-order valence-corrected chi connectivity index (χ3v) is 4.92. The molecule has 0 saturated carbocycles. The first-order valence-corrected chi connectivity index (χ1v) is 8.19. The summed E-state index contributed by atoms with van der Waals surface area (Å²) in [5, 5.41) is 1.17. The highest BCUT2D eigenvalue weighted by atomic mass is 16.5. The zero-order chi connectivity index (χ0) is 16.8. The fourth-order valence-corrected chi connectivity index (χ4v) is 3.52. The number of ether oxygens (including phenoxy) is 1. The van der Waals surface area contributed by atoms with Gasteiger partial charge in [-0.15, -0.1) is 0 Å². The molecule has 1 aliphatic rings. The number of carbonyl (C=O) groups excluding carboxylic acids is 1. The Hall–Kier alpha value is -2.75. The lowest BCUT2D eigenvalue weighted by atomic mass is 10.1. The number of anilines is 1. The first-order valence-electron chi connectivity index (χ1n) is 8.19. The third kappa shape index (κ3) is 2.10. The molecule has 1 amide bonds. The molecule has 24 heavy (non-hydrogen) atoms. The van der Waals surface area contributed by atoms with Crippen LogP contribution in [0.4, 0.5) is 5.69 Å². The van der Waals surface area contributed by atoms with Gasteiger partial charge in [-0.3, -0.25) is 4.79 Å². The summed E-state index contributed by atoms with van der Waals surface area (Å²) in [5.41, 5.74) is 5.21. The van der Waals surface area contributed by atoms with Crippen LogP contribution in [0, 0.1) is 0 Å². The van der Waals surface area contributed by atoms with E-state index in [0.29, 0.717) is 6.54 Å². The Labute approximate surface area is 141 Å². The van der Waals surface area contributed by atoms with Gasteiger partial charge in [0.1, 0.15) is 5.75 Å². The van der Waals surface area contributed by atoms with Gasteiger partial charge in [0.25, 0.3) is 5.91 Å². The summed E-state index contributed by atoms with van der Waals surface area (Å²) in [7, 11) is 3.71. The van der Waals surface area contributed by atoms with Crippen LogP contribution in [0.5, 0.6) is 5.75 Å². The molecule has 4 nitrogen and oxygen atoms in total. The Morgan fingerprint density at radius 1 is 1.12 bits per heavy atom. The standard InChI is InChI=1S/C20H20N2O2/c1-4-15-9-14-10-16(6-8-19(14)21(15)2)22-12-13-5-7-17(24-3)11-18(13)20(22)23/h5-11H,4,12H2,1-3H3. The Bertz CT molecular complexity index is 956. The van der Waals surface area contributed by atoms with Gasteiger partial charge in [0.15, 0.2) is 0 Å². The summed E-state index contributed by atoms with van der Waals surface area (Å²) in [6, 6.07) is 14.1. The molecule has 0 unspecified atom stereocenters. The maximum absolute atomic E-state index is 12.8. The normalized spacial score (nSPS) is 13.6. The topological polar surface area (TPSA) is 34.5 Å². The predicted molar refractivity (Wildman–Crippen MR) is 95.8 cm³/mol. The lowest BCUT2D eigenvalue weighted by molar-refractivity contribution is 0.0996. The van der Waals surface area contributed by atoms with Crippen LogP contribution in [0.15, 0.2) is 42.5 Å². The molecule has 4 rings (SSSR count). The van der Waals surface area contributed by atoms with Crippen molar-refractivity contribution in [2.75, 3.05) is 12.0 Å². The van der Waals surface area contributed by atoms with Gasteiger partial charge >= 0.3 is 0 Å². The number of carbonyl (C=O) groups is 1. The minimum Gasteiger partial charge on any atom is -0.497 e.